The molecule has 1 aromatic carbocycles. The van der Waals surface area contributed by atoms with Gasteiger partial charge in [-0.1, -0.05) is 22.9 Å². The van der Waals surface area contributed by atoms with E-state index in [1.807, 2.05) is 31.2 Å². The lowest BCUT2D eigenvalue weighted by atomic mass is 10.4. The van der Waals surface area contributed by atoms with Crippen LogP contribution in [0, 0.1) is 0 Å². The van der Waals surface area contributed by atoms with Crippen molar-refractivity contribution in [2.75, 3.05) is 12.8 Å². The lowest BCUT2D eigenvalue weighted by molar-refractivity contribution is 0.677. The van der Waals surface area contributed by atoms with Crippen molar-refractivity contribution in [3.63, 3.8) is 0 Å². The van der Waals surface area contributed by atoms with E-state index in [1.54, 1.807) is 7.05 Å². The minimum absolute atomic E-state index is 0.561. The number of nitrogens with zero attached hydrogens (tertiary/aromatic N) is 1. The van der Waals surface area contributed by atoms with Gasteiger partial charge in [-0.2, -0.15) is 0 Å². The summed E-state index contributed by atoms with van der Waals surface area (Å²) in [6, 6.07) is 7.47. The molecule has 1 rings (SSSR count). The Bertz CT molecular complexity index is 391. The molecule has 0 radical (unpaired) electrons. The molecule has 0 saturated carbocycles. The second-order valence-corrected chi connectivity index (χ2v) is 6.18. The van der Waals surface area contributed by atoms with Crippen molar-refractivity contribution in [1.29, 1.82) is 0 Å². The molecule has 0 aliphatic rings. The Morgan fingerprint density at radius 1 is 1.38 bits per heavy atom. The van der Waals surface area contributed by atoms with Crippen LogP contribution in [-0.2, 0) is 9.73 Å². The van der Waals surface area contributed by atoms with Gasteiger partial charge in [-0.15, -0.1) is 0 Å². The van der Waals surface area contributed by atoms with E-state index >= 15 is 0 Å². The largest absolute Gasteiger partial charge is 0.245 e. The van der Waals surface area contributed by atoms with Gasteiger partial charge in [-0.25, -0.2) is 8.57 Å². The molecule has 0 amide bonds. The monoisotopic (exact) mass is 261 g/mol. The fourth-order valence-corrected chi connectivity index (χ4v) is 2.68. The lowest BCUT2D eigenvalue weighted by Crippen LogP contribution is -2.02. The molecule has 0 fully saturated rings. The van der Waals surface area contributed by atoms with Gasteiger partial charge in [0, 0.05) is 22.2 Å². The van der Waals surface area contributed by atoms with Gasteiger partial charge in [0.05, 0.1) is 9.73 Å². The summed E-state index contributed by atoms with van der Waals surface area (Å²) in [5, 5.41) is 0. The first-order valence-electron chi connectivity index (χ1n) is 4.01. The molecule has 2 nitrogen and oxygen atoms in total. The smallest absolute Gasteiger partial charge is 0.0746 e. The fraction of sp³-hybridized carbons (Fsp3) is 0.333. The van der Waals surface area contributed by atoms with E-state index in [-0.39, 0.29) is 0 Å². The summed E-state index contributed by atoms with van der Waals surface area (Å²) in [7, 11) is -0.551. The van der Waals surface area contributed by atoms with Crippen LogP contribution in [0.25, 0.3) is 0 Å². The molecule has 72 valence electrons. The van der Waals surface area contributed by atoms with Crippen molar-refractivity contribution in [1.82, 2.24) is 0 Å². The van der Waals surface area contributed by atoms with Crippen molar-refractivity contribution in [2.24, 2.45) is 4.36 Å². The summed E-state index contributed by atoms with van der Waals surface area (Å²) >= 11 is 3.33. The Balaban J connectivity index is 3.23. The van der Waals surface area contributed by atoms with Crippen LogP contribution in [0.15, 0.2) is 38.0 Å². The summed E-state index contributed by atoms with van der Waals surface area (Å²) in [5.74, 6) is 0.561. The highest BCUT2D eigenvalue weighted by molar-refractivity contribution is 9.10. The van der Waals surface area contributed by atoms with Crippen molar-refractivity contribution in [2.45, 2.75) is 11.8 Å². The Morgan fingerprint density at radius 3 is 2.31 bits per heavy atom. The normalized spacial score (nSPS) is 15.0. The predicted molar refractivity (Wildman–Crippen MR) is 59.4 cm³/mol. The van der Waals surface area contributed by atoms with Gasteiger partial charge < -0.3 is 0 Å². The van der Waals surface area contributed by atoms with E-state index < -0.39 is 9.73 Å². The van der Waals surface area contributed by atoms with Crippen molar-refractivity contribution in [3.05, 3.63) is 28.7 Å². The van der Waals surface area contributed by atoms with E-state index in [0.717, 1.165) is 9.37 Å². The molecule has 4 heteroatoms. The van der Waals surface area contributed by atoms with Crippen LogP contribution >= 0.6 is 15.9 Å². The molecule has 0 N–H and O–H groups in total. The average Bonchev–Trinajstić information content (AvgIpc) is 2.18. The van der Waals surface area contributed by atoms with Crippen molar-refractivity contribution in [3.8, 4) is 0 Å². The predicted octanol–water partition coefficient (Wildman–Crippen LogP) is 2.93. The number of hydrogen-bond acceptors (Lipinski definition) is 2. The molecule has 1 unspecified atom stereocenters. The minimum atomic E-state index is -2.16. The minimum Gasteiger partial charge on any atom is -0.245 e. The zero-order valence-corrected chi connectivity index (χ0v) is 10.1. The molecule has 0 spiro atoms. The molecule has 1 atom stereocenters. The molecular formula is C9H12BrNOS. The van der Waals surface area contributed by atoms with Gasteiger partial charge in [0.15, 0.2) is 0 Å². The maximum Gasteiger partial charge on any atom is 0.0746 e. The van der Waals surface area contributed by atoms with Crippen LogP contribution in [0.2, 0.25) is 0 Å². The van der Waals surface area contributed by atoms with Crippen LogP contribution in [0.3, 0.4) is 0 Å². The summed E-state index contributed by atoms with van der Waals surface area (Å²) in [5.41, 5.74) is 0. The maximum absolute atomic E-state index is 12.1. The third-order valence-electron chi connectivity index (χ3n) is 1.87. The first-order chi connectivity index (χ1) is 6.12. The SMILES string of the molecule is CCS(=O)(=NC)c1ccc(Br)cc1. The third-order valence-corrected chi connectivity index (χ3v) is 4.78. The first kappa shape index (κ1) is 10.7. The first-order valence-corrected chi connectivity index (χ1v) is 6.48. The summed E-state index contributed by atoms with van der Waals surface area (Å²) in [6.45, 7) is 1.89. The van der Waals surface area contributed by atoms with Gasteiger partial charge in [-0.3, -0.25) is 0 Å². The molecule has 1 aromatic rings. The fourth-order valence-electron chi connectivity index (χ4n) is 1.05. The quantitative estimate of drug-likeness (QED) is 0.805. The molecular weight excluding hydrogens is 250 g/mol. The van der Waals surface area contributed by atoms with E-state index in [0.29, 0.717) is 5.75 Å². The molecule has 13 heavy (non-hydrogen) atoms. The molecule has 0 heterocycles. The van der Waals surface area contributed by atoms with Crippen molar-refractivity contribution >= 4 is 25.7 Å². The summed E-state index contributed by atoms with van der Waals surface area (Å²) in [4.78, 5) is 0.806. The Hall–Kier alpha value is -0.350. The molecule has 0 aliphatic heterocycles. The van der Waals surface area contributed by atoms with Gasteiger partial charge in [-0.05, 0) is 24.3 Å². The van der Waals surface area contributed by atoms with E-state index in [1.165, 1.54) is 0 Å². The standard InChI is InChI=1S/C9H12BrNOS/c1-3-13(12,11-2)9-6-4-8(10)5-7-9/h4-7H,3H2,1-2H3. The highest BCUT2D eigenvalue weighted by Gasteiger charge is 2.07. The average molecular weight is 262 g/mol. The summed E-state index contributed by atoms with van der Waals surface area (Å²) in [6.07, 6.45) is 0. The molecule has 0 bridgehead atoms. The second kappa shape index (κ2) is 4.24. The highest BCUT2D eigenvalue weighted by atomic mass is 79.9. The molecule has 0 saturated heterocycles. The zero-order valence-electron chi connectivity index (χ0n) is 7.66. The second-order valence-electron chi connectivity index (χ2n) is 2.57. The van der Waals surface area contributed by atoms with Gasteiger partial charge in [0.25, 0.3) is 0 Å². The van der Waals surface area contributed by atoms with Gasteiger partial charge in [0.1, 0.15) is 0 Å². The Morgan fingerprint density at radius 2 is 1.92 bits per heavy atom. The van der Waals surface area contributed by atoms with Crippen LogP contribution in [0.5, 0.6) is 0 Å². The number of halogens is 1. The Labute approximate surface area is 87.7 Å². The lowest BCUT2D eigenvalue weighted by Gasteiger charge is -2.05. The number of rotatable bonds is 2. The van der Waals surface area contributed by atoms with Crippen LogP contribution in [-0.4, -0.2) is 17.0 Å². The van der Waals surface area contributed by atoms with E-state index in [4.69, 9.17) is 0 Å². The number of benzene rings is 1. The van der Waals surface area contributed by atoms with Crippen LogP contribution in [0.4, 0.5) is 0 Å². The highest BCUT2D eigenvalue weighted by Crippen LogP contribution is 2.17. The number of hydrogen-bond donors (Lipinski definition) is 0. The van der Waals surface area contributed by atoms with Gasteiger partial charge in [0.2, 0.25) is 0 Å². The molecule has 0 aliphatic carbocycles. The van der Waals surface area contributed by atoms with Crippen molar-refractivity contribution < 1.29 is 4.21 Å². The maximum atomic E-state index is 12.1. The van der Waals surface area contributed by atoms with Crippen LogP contribution < -0.4 is 0 Å². The topological polar surface area (TPSA) is 29.4 Å². The summed E-state index contributed by atoms with van der Waals surface area (Å²) < 4.78 is 17.0. The van der Waals surface area contributed by atoms with Gasteiger partial charge >= 0.3 is 0 Å². The van der Waals surface area contributed by atoms with Crippen LogP contribution in [0.1, 0.15) is 6.92 Å². The molecule has 0 aromatic heterocycles. The third kappa shape index (κ3) is 2.31. The van der Waals surface area contributed by atoms with E-state index in [2.05, 4.69) is 20.3 Å². The Kier molecular flexibility index (Phi) is 3.50. The van der Waals surface area contributed by atoms with E-state index in [9.17, 15) is 4.21 Å². The zero-order chi connectivity index (χ0) is 9.90.